The van der Waals surface area contributed by atoms with Gasteiger partial charge in [0.1, 0.15) is 0 Å². The van der Waals surface area contributed by atoms with Gasteiger partial charge in [0.25, 0.3) is 0 Å². The largest absolute Gasteiger partial charge is 0.383 e. The molecule has 1 aliphatic carbocycles. The van der Waals surface area contributed by atoms with E-state index in [9.17, 15) is 0 Å². The molecule has 0 radical (unpaired) electrons. The molecule has 0 saturated heterocycles. The van der Waals surface area contributed by atoms with Crippen LogP contribution in [0.25, 0.3) is 0 Å². The van der Waals surface area contributed by atoms with E-state index in [0.29, 0.717) is 12.1 Å². The van der Waals surface area contributed by atoms with Crippen LogP contribution in [0.15, 0.2) is 0 Å². The van der Waals surface area contributed by atoms with Crippen molar-refractivity contribution in [2.45, 2.75) is 37.8 Å². The number of ether oxygens (including phenoxy) is 2. The molecule has 4 nitrogen and oxygen atoms in total. The van der Waals surface area contributed by atoms with Crippen molar-refractivity contribution in [3.8, 4) is 0 Å². The Balaban J connectivity index is 2.41. The maximum Gasteiger partial charge on any atom is 0.0589 e. The van der Waals surface area contributed by atoms with Crippen LogP contribution in [0.4, 0.5) is 0 Å². The lowest BCUT2D eigenvalue weighted by atomic mass is 9.91. The predicted molar refractivity (Wildman–Crippen MR) is 65.6 cm³/mol. The molecule has 0 bridgehead atoms. The average Bonchev–Trinajstić information content (AvgIpc) is 2.34. The van der Waals surface area contributed by atoms with Crippen LogP contribution in [-0.4, -0.2) is 57.5 Å². The van der Waals surface area contributed by atoms with Crippen LogP contribution < -0.4 is 5.73 Å². The van der Waals surface area contributed by atoms with Crippen LogP contribution in [0.1, 0.15) is 25.7 Å². The van der Waals surface area contributed by atoms with Gasteiger partial charge in [-0.15, -0.1) is 0 Å². The summed E-state index contributed by atoms with van der Waals surface area (Å²) in [7, 11) is 3.56. The summed E-state index contributed by atoms with van der Waals surface area (Å²) >= 11 is 0. The van der Waals surface area contributed by atoms with Gasteiger partial charge in [-0.05, 0) is 25.7 Å². The average molecular weight is 230 g/mol. The topological polar surface area (TPSA) is 47.7 Å². The first-order valence-corrected chi connectivity index (χ1v) is 6.27. The number of hydrogen-bond donors (Lipinski definition) is 1. The Labute approximate surface area is 99.1 Å². The maximum atomic E-state index is 5.66. The zero-order valence-corrected chi connectivity index (χ0v) is 10.7. The highest BCUT2D eigenvalue weighted by Gasteiger charge is 2.25. The fraction of sp³-hybridized carbons (Fsp3) is 1.00. The van der Waals surface area contributed by atoms with Gasteiger partial charge in [-0.2, -0.15) is 0 Å². The zero-order valence-electron chi connectivity index (χ0n) is 10.7. The monoisotopic (exact) mass is 230 g/mol. The van der Waals surface area contributed by atoms with Crippen LogP contribution in [-0.2, 0) is 9.47 Å². The lowest BCUT2D eigenvalue weighted by Crippen LogP contribution is -2.44. The lowest BCUT2D eigenvalue weighted by molar-refractivity contribution is 0.0216. The highest BCUT2D eigenvalue weighted by Crippen LogP contribution is 2.24. The van der Waals surface area contributed by atoms with Gasteiger partial charge in [-0.3, -0.25) is 4.90 Å². The minimum Gasteiger partial charge on any atom is -0.383 e. The summed E-state index contributed by atoms with van der Waals surface area (Å²) in [5, 5.41) is 0. The first-order chi connectivity index (χ1) is 7.81. The Hall–Kier alpha value is -0.160. The van der Waals surface area contributed by atoms with Crippen molar-refractivity contribution in [2.75, 3.05) is 40.5 Å². The third-order valence-electron chi connectivity index (χ3n) is 3.45. The number of nitrogens with zero attached hydrogens (tertiary/aromatic N) is 1. The van der Waals surface area contributed by atoms with Gasteiger partial charge in [0.2, 0.25) is 0 Å². The zero-order chi connectivity index (χ0) is 11.8. The molecule has 0 aliphatic heterocycles. The molecule has 0 aromatic carbocycles. The Morgan fingerprint density at radius 1 is 1.25 bits per heavy atom. The first kappa shape index (κ1) is 13.9. The Morgan fingerprint density at radius 3 is 2.69 bits per heavy atom. The molecule has 2 atom stereocenters. The molecule has 4 heteroatoms. The highest BCUT2D eigenvalue weighted by atomic mass is 16.5. The summed E-state index contributed by atoms with van der Waals surface area (Å²) in [6, 6.07) is 0.623. The number of methoxy groups -OCH3 is 2. The van der Waals surface area contributed by atoms with Crippen molar-refractivity contribution in [1.82, 2.24) is 4.90 Å². The van der Waals surface area contributed by atoms with Crippen molar-refractivity contribution >= 4 is 0 Å². The van der Waals surface area contributed by atoms with E-state index in [2.05, 4.69) is 4.90 Å². The molecule has 0 aromatic rings. The first-order valence-electron chi connectivity index (χ1n) is 6.27. The van der Waals surface area contributed by atoms with Crippen molar-refractivity contribution in [1.29, 1.82) is 0 Å². The van der Waals surface area contributed by atoms with E-state index in [-0.39, 0.29) is 0 Å². The maximum absolute atomic E-state index is 5.66. The summed E-state index contributed by atoms with van der Waals surface area (Å²) in [5.41, 5.74) is 5.66. The minimum atomic E-state index is 0.432. The molecule has 0 spiro atoms. The van der Waals surface area contributed by atoms with Crippen LogP contribution >= 0.6 is 0 Å². The molecule has 2 N–H and O–H groups in total. The van der Waals surface area contributed by atoms with Crippen molar-refractivity contribution in [3.63, 3.8) is 0 Å². The van der Waals surface area contributed by atoms with E-state index in [0.717, 1.165) is 32.7 Å². The second kappa shape index (κ2) is 8.01. The van der Waals surface area contributed by atoms with Crippen molar-refractivity contribution in [2.24, 2.45) is 5.73 Å². The SMILES string of the molecule is COCCN(CCN)C1CCCC(OC)C1. The molecule has 1 fully saturated rings. The van der Waals surface area contributed by atoms with E-state index in [1.165, 1.54) is 19.3 Å². The minimum absolute atomic E-state index is 0.432. The second-order valence-corrected chi connectivity index (χ2v) is 4.50. The quantitative estimate of drug-likeness (QED) is 0.704. The second-order valence-electron chi connectivity index (χ2n) is 4.50. The normalized spacial score (nSPS) is 26.2. The van der Waals surface area contributed by atoms with E-state index in [1.54, 1.807) is 7.11 Å². The van der Waals surface area contributed by atoms with Gasteiger partial charge in [0.05, 0.1) is 12.7 Å². The highest BCUT2D eigenvalue weighted by molar-refractivity contribution is 4.81. The molecule has 0 aromatic heterocycles. The predicted octanol–water partition coefficient (Wildman–Crippen LogP) is 0.851. The van der Waals surface area contributed by atoms with Gasteiger partial charge in [-0.1, -0.05) is 0 Å². The molecule has 0 heterocycles. The smallest absolute Gasteiger partial charge is 0.0589 e. The summed E-state index contributed by atoms with van der Waals surface area (Å²) in [6.07, 6.45) is 5.30. The molecule has 1 rings (SSSR count). The Morgan fingerprint density at radius 2 is 2.06 bits per heavy atom. The molecule has 96 valence electrons. The molecule has 1 aliphatic rings. The van der Waals surface area contributed by atoms with E-state index < -0.39 is 0 Å². The van der Waals surface area contributed by atoms with Crippen LogP contribution in [0, 0.1) is 0 Å². The van der Waals surface area contributed by atoms with Crippen molar-refractivity contribution in [3.05, 3.63) is 0 Å². The fourth-order valence-corrected chi connectivity index (χ4v) is 2.52. The van der Waals surface area contributed by atoms with Gasteiger partial charge in [0, 0.05) is 39.9 Å². The number of hydrogen-bond acceptors (Lipinski definition) is 4. The summed E-state index contributed by atoms with van der Waals surface area (Å²) in [4.78, 5) is 2.45. The van der Waals surface area contributed by atoms with Crippen LogP contribution in [0.3, 0.4) is 0 Å². The summed E-state index contributed by atoms with van der Waals surface area (Å²) in [6.45, 7) is 3.45. The lowest BCUT2D eigenvalue weighted by Gasteiger charge is -2.36. The third kappa shape index (κ3) is 4.37. The van der Waals surface area contributed by atoms with Gasteiger partial charge < -0.3 is 15.2 Å². The van der Waals surface area contributed by atoms with Crippen LogP contribution in [0.5, 0.6) is 0 Å². The molecular formula is C12H26N2O2. The fourth-order valence-electron chi connectivity index (χ4n) is 2.52. The standard InChI is InChI=1S/C12H26N2O2/c1-15-9-8-14(7-6-13)11-4-3-5-12(10-11)16-2/h11-12H,3-10,13H2,1-2H3. The van der Waals surface area contributed by atoms with Gasteiger partial charge in [-0.25, -0.2) is 0 Å². The van der Waals surface area contributed by atoms with E-state index in [4.69, 9.17) is 15.2 Å². The molecule has 16 heavy (non-hydrogen) atoms. The summed E-state index contributed by atoms with van der Waals surface area (Å²) in [5.74, 6) is 0. The van der Waals surface area contributed by atoms with Crippen LogP contribution in [0.2, 0.25) is 0 Å². The van der Waals surface area contributed by atoms with E-state index in [1.807, 2.05) is 7.11 Å². The molecular weight excluding hydrogens is 204 g/mol. The van der Waals surface area contributed by atoms with Gasteiger partial charge >= 0.3 is 0 Å². The van der Waals surface area contributed by atoms with E-state index >= 15 is 0 Å². The summed E-state index contributed by atoms with van der Waals surface area (Å²) < 4.78 is 10.6. The third-order valence-corrected chi connectivity index (χ3v) is 3.45. The molecule has 2 unspecified atom stereocenters. The number of rotatable bonds is 7. The number of nitrogens with two attached hydrogens (primary N) is 1. The van der Waals surface area contributed by atoms with Crippen molar-refractivity contribution < 1.29 is 9.47 Å². The van der Waals surface area contributed by atoms with Gasteiger partial charge in [0.15, 0.2) is 0 Å². The Kier molecular flexibility index (Phi) is 6.96. The molecule has 1 saturated carbocycles. The molecule has 0 amide bonds. The Bertz CT molecular complexity index is 176.